The van der Waals surface area contributed by atoms with Crippen LogP contribution in [-0.2, 0) is 5.54 Å². The predicted octanol–water partition coefficient (Wildman–Crippen LogP) is 4.62. The van der Waals surface area contributed by atoms with Crippen molar-refractivity contribution in [3.8, 4) is 0 Å². The minimum absolute atomic E-state index is 0.0603. The molecule has 3 aromatic rings. The van der Waals surface area contributed by atoms with Gasteiger partial charge in [-0.05, 0) is 55.3 Å². The molecule has 1 saturated carbocycles. The fourth-order valence-electron chi connectivity index (χ4n) is 3.23. The summed E-state index contributed by atoms with van der Waals surface area (Å²) in [7, 11) is 0. The Bertz CT molecular complexity index is 1050. The summed E-state index contributed by atoms with van der Waals surface area (Å²) in [5.41, 5.74) is 0.811. The van der Waals surface area contributed by atoms with E-state index in [4.69, 9.17) is 0 Å². The standard InChI is InChI=1S/C20H15FN2O3/c21-15-7-5-14(6-8-15)19(24)9-10-20(11-12-20)22-13-18(23(25)26)16-3-1-2-4-17(16)22/h1-10,13H,11-12H2/b10-9+. The summed E-state index contributed by atoms with van der Waals surface area (Å²) in [6, 6.07) is 12.6. The number of hydrogen-bond donors (Lipinski definition) is 0. The summed E-state index contributed by atoms with van der Waals surface area (Å²) >= 11 is 0. The Morgan fingerprint density at radius 2 is 1.85 bits per heavy atom. The maximum Gasteiger partial charge on any atom is 0.294 e. The lowest BCUT2D eigenvalue weighted by Crippen LogP contribution is -2.13. The van der Waals surface area contributed by atoms with Crippen LogP contribution in [-0.4, -0.2) is 15.3 Å². The van der Waals surface area contributed by atoms with Crippen molar-refractivity contribution in [1.82, 2.24) is 4.57 Å². The zero-order valence-corrected chi connectivity index (χ0v) is 13.8. The highest BCUT2D eigenvalue weighted by Gasteiger charge is 2.44. The molecular formula is C20H15FN2O3. The Labute approximate surface area is 148 Å². The van der Waals surface area contributed by atoms with Crippen LogP contribution in [0.15, 0.2) is 66.9 Å². The molecule has 0 saturated heterocycles. The van der Waals surface area contributed by atoms with Gasteiger partial charge in [0.25, 0.3) is 5.69 Å². The summed E-state index contributed by atoms with van der Waals surface area (Å²) in [5.74, 6) is -0.613. The number of aromatic nitrogens is 1. The fourth-order valence-corrected chi connectivity index (χ4v) is 3.23. The molecule has 1 aliphatic carbocycles. The third-order valence-electron chi connectivity index (χ3n) is 4.80. The van der Waals surface area contributed by atoms with Crippen LogP contribution in [0.5, 0.6) is 0 Å². The Hall–Kier alpha value is -3.28. The number of fused-ring (bicyclic) bond motifs is 1. The number of benzene rings is 2. The van der Waals surface area contributed by atoms with Crippen molar-refractivity contribution in [2.75, 3.05) is 0 Å². The van der Waals surface area contributed by atoms with Crippen LogP contribution in [0.2, 0.25) is 0 Å². The molecule has 0 bridgehead atoms. The van der Waals surface area contributed by atoms with Crippen molar-refractivity contribution in [3.63, 3.8) is 0 Å². The molecule has 4 rings (SSSR count). The molecule has 0 N–H and O–H groups in total. The molecule has 1 aliphatic rings. The highest BCUT2D eigenvalue weighted by Crippen LogP contribution is 2.48. The lowest BCUT2D eigenvalue weighted by atomic mass is 10.1. The van der Waals surface area contributed by atoms with Crippen LogP contribution in [0.4, 0.5) is 10.1 Å². The van der Waals surface area contributed by atoms with Crippen molar-refractivity contribution in [3.05, 3.63) is 88.4 Å². The number of carbonyl (C=O) groups excluding carboxylic acids is 1. The quantitative estimate of drug-likeness (QED) is 0.292. The van der Waals surface area contributed by atoms with Gasteiger partial charge in [0.05, 0.1) is 27.6 Å². The Kier molecular flexibility index (Phi) is 3.68. The van der Waals surface area contributed by atoms with Gasteiger partial charge in [0, 0.05) is 5.56 Å². The second kappa shape index (κ2) is 5.91. The summed E-state index contributed by atoms with van der Waals surface area (Å²) < 4.78 is 14.9. The van der Waals surface area contributed by atoms with E-state index in [1.165, 1.54) is 30.3 Å². The highest BCUT2D eigenvalue weighted by molar-refractivity contribution is 6.04. The van der Waals surface area contributed by atoms with Gasteiger partial charge in [-0.1, -0.05) is 18.2 Å². The van der Waals surface area contributed by atoms with E-state index in [9.17, 15) is 19.3 Å². The number of nitrogens with zero attached hydrogens (tertiary/aromatic N) is 2. The zero-order valence-electron chi connectivity index (χ0n) is 13.8. The van der Waals surface area contributed by atoms with Gasteiger partial charge in [0.1, 0.15) is 5.82 Å². The first kappa shape index (κ1) is 16.2. The van der Waals surface area contributed by atoms with Crippen molar-refractivity contribution < 1.29 is 14.1 Å². The largest absolute Gasteiger partial charge is 0.331 e. The maximum absolute atomic E-state index is 13.0. The molecule has 0 radical (unpaired) electrons. The van der Waals surface area contributed by atoms with Gasteiger partial charge >= 0.3 is 0 Å². The Balaban J connectivity index is 1.70. The summed E-state index contributed by atoms with van der Waals surface area (Å²) in [5, 5.41) is 11.9. The first-order chi connectivity index (χ1) is 12.5. The fraction of sp³-hybridized carbons (Fsp3) is 0.150. The van der Waals surface area contributed by atoms with Crippen LogP contribution in [0.3, 0.4) is 0 Å². The number of halogens is 1. The lowest BCUT2D eigenvalue weighted by Gasteiger charge is -2.14. The Morgan fingerprint density at radius 1 is 1.15 bits per heavy atom. The molecule has 1 aromatic heterocycles. The highest BCUT2D eigenvalue weighted by atomic mass is 19.1. The number of nitro groups is 1. The molecule has 0 aliphatic heterocycles. The van der Waals surface area contributed by atoms with Crippen molar-refractivity contribution in [2.45, 2.75) is 18.4 Å². The zero-order chi connectivity index (χ0) is 18.3. The number of allylic oxidation sites excluding steroid dienone is 2. The van der Waals surface area contributed by atoms with Gasteiger partial charge in [-0.15, -0.1) is 0 Å². The first-order valence-corrected chi connectivity index (χ1v) is 8.24. The summed E-state index contributed by atoms with van der Waals surface area (Å²) in [6.07, 6.45) is 6.42. The van der Waals surface area contributed by atoms with E-state index in [1.807, 2.05) is 16.7 Å². The smallest absolute Gasteiger partial charge is 0.294 e. The molecule has 1 heterocycles. The van der Waals surface area contributed by atoms with E-state index in [2.05, 4.69) is 0 Å². The Morgan fingerprint density at radius 3 is 2.50 bits per heavy atom. The van der Waals surface area contributed by atoms with Crippen LogP contribution >= 0.6 is 0 Å². The molecule has 5 nitrogen and oxygen atoms in total. The first-order valence-electron chi connectivity index (χ1n) is 8.24. The minimum atomic E-state index is -0.427. The molecular weight excluding hydrogens is 335 g/mol. The number of ketones is 1. The second-order valence-corrected chi connectivity index (χ2v) is 6.47. The van der Waals surface area contributed by atoms with Gasteiger partial charge in [0.15, 0.2) is 5.78 Å². The third-order valence-corrected chi connectivity index (χ3v) is 4.80. The van der Waals surface area contributed by atoms with Crippen LogP contribution < -0.4 is 0 Å². The van der Waals surface area contributed by atoms with Crippen molar-refractivity contribution in [2.24, 2.45) is 0 Å². The van der Waals surface area contributed by atoms with E-state index < -0.39 is 11.4 Å². The normalized spacial score (nSPS) is 15.4. The molecule has 6 heteroatoms. The van der Waals surface area contributed by atoms with E-state index in [1.54, 1.807) is 24.4 Å². The van der Waals surface area contributed by atoms with E-state index in [0.717, 1.165) is 18.4 Å². The number of carbonyl (C=O) groups is 1. The third kappa shape index (κ3) is 2.69. The van der Waals surface area contributed by atoms with E-state index in [-0.39, 0.29) is 16.4 Å². The average molecular weight is 350 g/mol. The lowest BCUT2D eigenvalue weighted by molar-refractivity contribution is -0.383. The topological polar surface area (TPSA) is 65.1 Å². The molecule has 0 unspecified atom stereocenters. The molecule has 0 atom stereocenters. The van der Waals surface area contributed by atoms with Gasteiger partial charge in [-0.2, -0.15) is 0 Å². The monoisotopic (exact) mass is 350 g/mol. The molecule has 0 spiro atoms. The summed E-state index contributed by atoms with van der Waals surface area (Å²) in [6.45, 7) is 0. The molecule has 26 heavy (non-hydrogen) atoms. The van der Waals surface area contributed by atoms with Gasteiger partial charge < -0.3 is 4.57 Å². The van der Waals surface area contributed by atoms with Gasteiger partial charge in [-0.25, -0.2) is 4.39 Å². The van der Waals surface area contributed by atoms with Crippen molar-refractivity contribution >= 4 is 22.4 Å². The number of rotatable bonds is 5. The average Bonchev–Trinajstić information content (AvgIpc) is 3.32. The predicted molar refractivity (Wildman–Crippen MR) is 95.7 cm³/mol. The van der Waals surface area contributed by atoms with Crippen LogP contribution in [0.1, 0.15) is 23.2 Å². The number of para-hydroxylation sites is 1. The summed E-state index contributed by atoms with van der Waals surface area (Å²) in [4.78, 5) is 23.3. The maximum atomic E-state index is 13.0. The molecule has 1 fully saturated rings. The van der Waals surface area contributed by atoms with Gasteiger partial charge in [-0.3, -0.25) is 14.9 Å². The van der Waals surface area contributed by atoms with Gasteiger partial charge in [0.2, 0.25) is 0 Å². The second-order valence-electron chi connectivity index (χ2n) is 6.47. The van der Waals surface area contributed by atoms with E-state index >= 15 is 0 Å². The molecule has 130 valence electrons. The number of hydrogen-bond acceptors (Lipinski definition) is 3. The van der Waals surface area contributed by atoms with Crippen LogP contribution in [0.25, 0.3) is 10.9 Å². The van der Waals surface area contributed by atoms with Crippen molar-refractivity contribution in [1.29, 1.82) is 0 Å². The SMILES string of the molecule is O=C(/C=C/C1(n2cc([N+](=O)[O-])c3ccccc32)CC1)c1ccc(F)cc1. The molecule has 0 amide bonds. The van der Waals surface area contributed by atoms with E-state index in [0.29, 0.717) is 10.9 Å². The minimum Gasteiger partial charge on any atom is -0.331 e. The van der Waals surface area contributed by atoms with Crippen LogP contribution in [0, 0.1) is 15.9 Å². The molecule has 2 aromatic carbocycles.